The Morgan fingerprint density at radius 1 is 1.09 bits per heavy atom. The van der Waals surface area contributed by atoms with Crippen molar-refractivity contribution in [2.75, 3.05) is 5.32 Å². The molecule has 0 saturated carbocycles. The molecule has 1 aliphatic rings. The first-order valence-corrected chi connectivity index (χ1v) is 11.6. The number of amides is 1. The molecule has 0 bridgehead atoms. The molecule has 2 aromatic carbocycles. The Labute approximate surface area is 198 Å². The third kappa shape index (κ3) is 4.73. The lowest BCUT2D eigenvalue weighted by Gasteiger charge is -2.16. The summed E-state index contributed by atoms with van der Waals surface area (Å²) in [5, 5.41) is 6.92. The quantitative estimate of drug-likeness (QED) is 0.411. The van der Waals surface area contributed by atoms with E-state index in [1.54, 1.807) is 0 Å². The number of aromatic nitrogens is 3. The van der Waals surface area contributed by atoms with Crippen LogP contribution in [0.4, 0.5) is 5.69 Å². The van der Waals surface area contributed by atoms with Crippen molar-refractivity contribution < 1.29 is 14.1 Å². The SMILES string of the molecule is Cc1noc(C)c1COc1ccc(CC(=O)Nc2ccc(-c3ncc4n3CCCC4)cc2)cc1. The highest BCUT2D eigenvalue weighted by Gasteiger charge is 2.15. The summed E-state index contributed by atoms with van der Waals surface area (Å²) in [6, 6.07) is 15.5. The highest BCUT2D eigenvalue weighted by atomic mass is 16.5. The van der Waals surface area contributed by atoms with E-state index in [0.29, 0.717) is 13.0 Å². The second-order valence-corrected chi connectivity index (χ2v) is 8.72. The number of carbonyl (C=O) groups is 1. The van der Waals surface area contributed by atoms with Gasteiger partial charge in [-0.15, -0.1) is 0 Å². The summed E-state index contributed by atoms with van der Waals surface area (Å²) in [7, 11) is 0. The van der Waals surface area contributed by atoms with Gasteiger partial charge >= 0.3 is 0 Å². The molecule has 7 heteroatoms. The van der Waals surface area contributed by atoms with Crippen molar-refractivity contribution in [1.29, 1.82) is 0 Å². The molecule has 0 saturated heterocycles. The first kappa shape index (κ1) is 21.9. The maximum Gasteiger partial charge on any atom is 0.228 e. The van der Waals surface area contributed by atoms with Crippen LogP contribution in [0.1, 0.15) is 41.1 Å². The van der Waals surface area contributed by atoms with Crippen molar-refractivity contribution >= 4 is 11.6 Å². The second kappa shape index (κ2) is 9.55. The van der Waals surface area contributed by atoms with E-state index in [4.69, 9.17) is 9.26 Å². The normalized spacial score (nSPS) is 12.9. The molecular formula is C27H28N4O3. The van der Waals surface area contributed by atoms with Crippen LogP contribution in [-0.2, 0) is 30.8 Å². The summed E-state index contributed by atoms with van der Waals surface area (Å²) in [6.45, 7) is 5.19. The summed E-state index contributed by atoms with van der Waals surface area (Å²) in [4.78, 5) is 17.2. The van der Waals surface area contributed by atoms with Gasteiger partial charge in [0.1, 0.15) is 23.9 Å². The van der Waals surface area contributed by atoms with Gasteiger partial charge in [0.2, 0.25) is 5.91 Å². The number of rotatable bonds is 7. The Kier molecular flexibility index (Phi) is 6.16. The van der Waals surface area contributed by atoms with Crippen LogP contribution in [0.15, 0.2) is 59.3 Å². The van der Waals surface area contributed by atoms with Crippen LogP contribution in [0.3, 0.4) is 0 Å². The standard InChI is InChI=1S/C27H28N4O3/c1-18-25(19(2)34-30-18)17-33-24-12-6-20(7-13-24)15-26(32)29-22-10-8-21(9-11-22)27-28-16-23-5-3-4-14-31(23)27/h6-13,16H,3-5,14-15,17H2,1-2H3,(H,29,32). The van der Waals surface area contributed by atoms with Crippen LogP contribution in [0.25, 0.3) is 11.4 Å². The monoisotopic (exact) mass is 456 g/mol. The van der Waals surface area contributed by atoms with Gasteiger partial charge in [0.05, 0.1) is 17.7 Å². The minimum absolute atomic E-state index is 0.0599. The number of hydrogen-bond acceptors (Lipinski definition) is 5. The Bertz CT molecular complexity index is 1270. The van der Waals surface area contributed by atoms with E-state index in [-0.39, 0.29) is 5.91 Å². The van der Waals surface area contributed by atoms with Crippen molar-refractivity contribution in [2.45, 2.75) is 52.7 Å². The third-order valence-corrected chi connectivity index (χ3v) is 6.28. The molecule has 7 nitrogen and oxygen atoms in total. The molecule has 5 rings (SSSR count). The fourth-order valence-corrected chi connectivity index (χ4v) is 4.33. The lowest BCUT2D eigenvalue weighted by atomic mass is 10.1. The molecule has 0 radical (unpaired) electrons. The van der Waals surface area contributed by atoms with Crippen LogP contribution >= 0.6 is 0 Å². The maximum atomic E-state index is 12.6. The largest absolute Gasteiger partial charge is 0.489 e. The topological polar surface area (TPSA) is 82.2 Å². The van der Waals surface area contributed by atoms with Crippen molar-refractivity contribution in [3.63, 3.8) is 0 Å². The van der Waals surface area contributed by atoms with Gasteiger partial charge in [-0.25, -0.2) is 4.98 Å². The third-order valence-electron chi connectivity index (χ3n) is 6.28. The van der Waals surface area contributed by atoms with Gasteiger partial charge in [0.25, 0.3) is 0 Å². The van der Waals surface area contributed by atoms with Gasteiger partial charge in [-0.1, -0.05) is 17.3 Å². The zero-order valence-corrected chi connectivity index (χ0v) is 19.5. The number of benzene rings is 2. The van der Waals surface area contributed by atoms with Gasteiger partial charge in [-0.2, -0.15) is 0 Å². The van der Waals surface area contributed by atoms with Gasteiger partial charge in [-0.05, 0) is 75.1 Å². The molecule has 0 aliphatic carbocycles. The Morgan fingerprint density at radius 3 is 2.62 bits per heavy atom. The van der Waals surface area contributed by atoms with Crippen LogP contribution in [0.2, 0.25) is 0 Å². The van der Waals surface area contributed by atoms with E-state index in [2.05, 4.69) is 20.0 Å². The minimum atomic E-state index is -0.0599. The number of hydrogen-bond donors (Lipinski definition) is 1. The molecule has 1 aliphatic heterocycles. The lowest BCUT2D eigenvalue weighted by molar-refractivity contribution is -0.115. The Morgan fingerprint density at radius 2 is 1.88 bits per heavy atom. The Hall–Kier alpha value is -3.87. The summed E-state index contributed by atoms with van der Waals surface area (Å²) in [5.74, 6) is 2.45. The second-order valence-electron chi connectivity index (χ2n) is 8.72. The molecule has 34 heavy (non-hydrogen) atoms. The van der Waals surface area contributed by atoms with Crippen molar-refractivity contribution in [2.24, 2.45) is 0 Å². The van der Waals surface area contributed by atoms with E-state index in [0.717, 1.165) is 58.4 Å². The number of imidazole rings is 1. The van der Waals surface area contributed by atoms with Crippen LogP contribution in [0.5, 0.6) is 5.75 Å². The first-order chi connectivity index (χ1) is 16.6. The van der Waals surface area contributed by atoms with E-state index in [1.807, 2.05) is 68.6 Å². The summed E-state index contributed by atoms with van der Waals surface area (Å²) in [6.07, 6.45) is 5.79. The summed E-state index contributed by atoms with van der Waals surface area (Å²) >= 11 is 0. The molecular weight excluding hydrogens is 428 g/mol. The van der Waals surface area contributed by atoms with Gasteiger partial charge in [0, 0.05) is 29.7 Å². The highest BCUT2D eigenvalue weighted by Crippen LogP contribution is 2.26. The van der Waals surface area contributed by atoms with Crippen molar-refractivity contribution in [1.82, 2.24) is 14.7 Å². The lowest BCUT2D eigenvalue weighted by Crippen LogP contribution is -2.14. The zero-order chi connectivity index (χ0) is 23.5. The maximum absolute atomic E-state index is 12.6. The number of anilines is 1. The molecule has 2 aromatic heterocycles. The molecule has 1 N–H and O–H groups in total. The van der Waals surface area contributed by atoms with E-state index in [1.165, 1.54) is 18.5 Å². The molecule has 174 valence electrons. The van der Waals surface area contributed by atoms with E-state index in [9.17, 15) is 4.79 Å². The van der Waals surface area contributed by atoms with Crippen LogP contribution in [-0.4, -0.2) is 20.6 Å². The van der Waals surface area contributed by atoms with E-state index < -0.39 is 0 Å². The fourth-order valence-electron chi connectivity index (χ4n) is 4.33. The number of nitrogens with one attached hydrogen (secondary N) is 1. The number of fused-ring (bicyclic) bond motifs is 1. The van der Waals surface area contributed by atoms with Gasteiger partial charge in [0.15, 0.2) is 0 Å². The molecule has 4 aromatic rings. The molecule has 0 atom stereocenters. The van der Waals surface area contributed by atoms with Crippen LogP contribution < -0.4 is 10.1 Å². The Balaban J connectivity index is 1.15. The van der Waals surface area contributed by atoms with Crippen LogP contribution in [0, 0.1) is 13.8 Å². The predicted octanol–water partition coefficient (Wildman–Crippen LogP) is 5.25. The smallest absolute Gasteiger partial charge is 0.228 e. The van der Waals surface area contributed by atoms with E-state index >= 15 is 0 Å². The minimum Gasteiger partial charge on any atom is -0.489 e. The average Bonchev–Trinajstić information content (AvgIpc) is 3.42. The van der Waals surface area contributed by atoms with Gasteiger partial charge < -0.3 is 19.1 Å². The van der Waals surface area contributed by atoms with Crippen molar-refractivity contribution in [3.8, 4) is 17.1 Å². The highest BCUT2D eigenvalue weighted by molar-refractivity contribution is 5.92. The molecule has 3 heterocycles. The van der Waals surface area contributed by atoms with Crippen molar-refractivity contribution in [3.05, 3.63) is 83.0 Å². The fraction of sp³-hybridized carbons (Fsp3) is 0.296. The molecule has 1 amide bonds. The summed E-state index contributed by atoms with van der Waals surface area (Å²) < 4.78 is 13.3. The molecule has 0 fully saturated rings. The van der Waals surface area contributed by atoms with Gasteiger partial charge in [-0.3, -0.25) is 4.79 Å². The number of ether oxygens (including phenoxy) is 1. The number of nitrogens with zero attached hydrogens (tertiary/aromatic N) is 3. The summed E-state index contributed by atoms with van der Waals surface area (Å²) in [5.41, 5.74) is 5.86. The number of carbonyl (C=O) groups excluding carboxylic acids is 1. The number of aryl methyl sites for hydroxylation is 3. The molecule has 0 unspecified atom stereocenters. The first-order valence-electron chi connectivity index (χ1n) is 11.6. The molecule has 0 spiro atoms. The predicted molar refractivity (Wildman–Crippen MR) is 130 cm³/mol. The average molecular weight is 457 g/mol. The zero-order valence-electron chi connectivity index (χ0n) is 19.5.